The van der Waals surface area contributed by atoms with Crippen LogP contribution in [0.1, 0.15) is 24.2 Å². The first-order chi connectivity index (χ1) is 10.1. The second-order valence-electron chi connectivity index (χ2n) is 5.43. The van der Waals surface area contributed by atoms with E-state index in [-0.39, 0.29) is 18.6 Å². The van der Waals surface area contributed by atoms with E-state index in [1.807, 2.05) is 13.8 Å². The number of H-pyrrole nitrogens is 1. The highest BCUT2D eigenvalue weighted by Crippen LogP contribution is 2.17. The van der Waals surface area contributed by atoms with Gasteiger partial charge >= 0.3 is 0 Å². The van der Waals surface area contributed by atoms with Crippen LogP contribution >= 0.6 is 0 Å². The zero-order chi connectivity index (χ0) is 15.2. The Morgan fingerprint density at radius 1 is 1.48 bits per heavy atom. The number of nitrogens with one attached hydrogen (secondary N) is 2. The zero-order valence-corrected chi connectivity index (χ0v) is 12.7. The number of carbonyl (C=O) groups excluding carboxylic acids is 1. The van der Waals surface area contributed by atoms with Gasteiger partial charge in [-0.15, -0.1) is 0 Å². The predicted octanol–water partition coefficient (Wildman–Crippen LogP) is 0.438. The molecule has 1 aliphatic rings. The number of aliphatic hydroxyl groups is 1. The van der Waals surface area contributed by atoms with Crippen molar-refractivity contribution in [3.8, 4) is 0 Å². The van der Waals surface area contributed by atoms with Crippen LogP contribution in [0.5, 0.6) is 0 Å². The second-order valence-corrected chi connectivity index (χ2v) is 5.43. The van der Waals surface area contributed by atoms with Gasteiger partial charge in [0.2, 0.25) is 5.91 Å². The van der Waals surface area contributed by atoms with Crippen molar-refractivity contribution in [2.45, 2.75) is 32.8 Å². The van der Waals surface area contributed by atoms with E-state index >= 15 is 0 Å². The average molecular weight is 296 g/mol. The lowest BCUT2D eigenvalue weighted by atomic mass is 10.1. The van der Waals surface area contributed by atoms with E-state index in [0.29, 0.717) is 13.2 Å². The fourth-order valence-electron chi connectivity index (χ4n) is 2.57. The minimum Gasteiger partial charge on any atom is -0.394 e. The van der Waals surface area contributed by atoms with E-state index in [2.05, 4.69) is 20.4 Å². The summed E-state index contributed by atoms with van der Waals surface area (Å²) >= 11 is 0. The molecule has 1 fully saturated rings. The third-order valence-corrected chi connectivity index (χ3v) is 3.74. The summed E-state index contributed by atoms with van der Waals surface area (Å²) < 4.78 is 5.51. The highest BCUT2D eigenvalue weighted by Gasteiger charge is 2.21. The minimum absolute atomic E-state index is 0.0164. The molecule has 0 bridgehead atoms. The Labute approximate surface area is 124 Å². The highest BCUT2D eigenvalue weighted by atomic mass is 16.5. The summed E-state index contributed by atoms with van der Waals surface area (Å²) in [6, 6.07) is 0. The summed E-state index contributed by atoms with van der Waals surface area (Å²) in [4.78, 5) is 14.2. The third kappa shape index (κ3) is 4.52. The number of hydrogen-bond donors (Lipinski definition) is 3. The molecule has 0 spiro atoms. The molecule has 7 nitrogen and oxygen atoms in total. The van der Waals surface area contributed by atoms with Gasteiger partial charge in [0, 0.05) is 13.1 Å². The maximum absolute atomic E-state index is 12.1. The number of piperidine rings is 1. The van der Waals surface area contributed by atoms with Crippen LogP contribution < -0.4 is 5.32 Å². The molecule has 1 aromatic heterocycles. The van der Waals surface area contributed by atoms with E-state index in [1.54, 1.807) is 0 Å². The first kappa shape index (κ1) is 15.9. The van der Waals surface area contributed by atoms with Gasteiger partial charge in [-0.1, -0.05) is 0 Å². The lowest BCUT2D eigenvalue weighted by molar-refractivity contribution is -0.118. The van der Waals surface area contributed by atoms with Crippen LogP contribution in [0.15, 0.2) is 0 Å². The normalized spacial score (nSPS) is 17.1. The van der Waals surface area contributed by atoms with Gasteiger partial charge in [0.15, 0.2) is 0 Å². The van der Waals surface area contributed by atoms with Crippen molar-refractivity contribution in [3.05, 3.63) is 11.4 Å². The molecule has 21 heavy (non-hydrogen) atoms. The molecule has 7 heteroatoms. The number of aromatic amines is 1. The molecule has 1 aromatic rings. The van der Waals surface area contributed by atoms with Crippen LogP contribution in [-0.4, -0.2) is 65.1 Å². The molecule has 118 valence electrons. The number of carbonyl (C=O) groups is 1. The SMILES string of the molecule is Cc1n[nH]c(C)c1NC(=O)CN1CCC(OCCO)CC1. The number of aromatic nitrogens is 2. The molecule has 0 aliphatic carbocycles. The fraction of sp³-hybridized carbons (Fsp3) is 0.714. The predicted molar refractivity (Wildman–Crippen MR) is 79.2 cm³/mol. The molecule has 2 rings (SSSR count). The van der Waals surface area contributed by atoms with Crippen molar-refractivity contribution in [3.63, 3.8) is 0 Å². The minimum atomic E-state index is -0.0164. The Morgan fingerprint density at radius 2 is 2.19 bits per heavy atom. The van der Waals surface area contributed by atoms with Gasteiger partial charge in [0.05, 0.1) is 42.9 Å². The molecular formula is C14H24N4O3. The summed E-state index contributed by atoms with van der Waals surface area (Å²) in [5.41, 5.74) is 2.45. The van der Waals surface area contributed by atoms with Crippen molar-refractivity contribution >= 4 is 11.6 Å². The molecule has 0 unspecified atom stereocenters. The molecule has 3 N–H and O–H groups in total. The summed E-state index contributed by atoms with van der Waals surface area (Å²) in [7, 11) is 0. The van der Waals surface area contributed by atoms with Crippen LogP contribution in [0.2, 0.25) is 0 Å². The van der Waals surface area contributed by atoms with Gasteiger partial charge in [-0.2, -0.15) is 5.10 Å². The maximum Gasteiger partial charge on any atom is 0.238 e. The van der Waals surface area contributed by atoms with Crippen molar-refractivity contribution < 1.29 is 14.6 Å². The van der Waals surface area contributed by atoms with Crippen LogP contribution in [0.4, 0.5) is 5.69 Å². The topological polar surface area (TPSA) is 90.5 Å². The number of amides is 1. The van der Waals surface area contributed by atoms with Crippen molar-refractivity contribution in [2.75, 3.05) is 38.2 Å². The van der Waals surface area contributed by atoms with E-state index in [9.17, 15) is 4.79 Å². The van der Waals surface area contributed by atoms with Crippen LogP contribution in [0.3, 0.4) is 0 Å². The molecule has 0 aromatic carbocycles. The van der Waals surface area contributed by atoms with Crippen LogP contribution in [0.25, 0.3) is 0 Å². The number of hydrogen-bond acceptors (Lipinski definition) is 5. The largest absolute Gasteiger partial charge is 0.394 e. The Kier molecular flexibility index (Phi) is 5.72. The molecule has 1 aliphatic heterocycles. The van der Waals surface area contributed by atoms with Gasteiger partial charge in [0.25, 0.3) is 0 Å². The number of aliphatic hydroxyl groups excluding tert-OH is 1. The monoisotopic (exact) mass is 296 g/mol. The van der Waals surface area contributed by atoms with Crippen molar-refractivity contribution in [1.82, 2.24) is 15.1 Å². The van der Waals surface area contributed by atoms with Crippen molar-refractivity contribution in [2.24, 2.45) is 0 Å². The van der Waals surface area contributed by atoms with E-state index in [1.165, 1.54) is 0 Å². The number of nitrogens with zero attached hydrogens (tertiary/aromatic N) is 2. The van der Waals surface area contributed by atoms with E-state index < -0.39 is 0 Å². The van der Waals surface area contributed by atoms with Crippen molar-refractivity contribution in [1.29, 1.82) is 0 Å². The number of likely N-dealkylation sites (tertiary alicyclic amines) is 1. The summed E-state index contributed by atoms with van der Waals surface area (Å²) in [6.45, 7) is 6.27. The number of rotatable bonds is 6. The molecule has 0 saturated carbocycles. The zero-order valence-electron chi connectivity index (χ0n) is 12.7. The second kappa shape index (κ2) is 7.53. The van der Waals surface area contributed by atoms with Crippen LogP contribution in [0, 0.1) is 13.8 Å². The van der Waals surface area contributed by atoms with Gasteiger partial charge in [-0.05, 0) is 26.7 Å². The molecule has 1 saturated heterocycles. The Bertz CT molecular complexity index is 447. The van der Waals surface area contributed by atoms with Gasteiger partial charge in [-0.25, -0.2) is 0 Å². The molecule has 2 heterocycles. The van der Waals surface area contributed by atoms with Crippen LogP contribution in [-0.2, 0) is 9.53 Å². The average Bonchev–Trinajstić information content (AvgIpc) is 2.78. The number of anilines is 1. The third-order valence-electron chi connectivity index (χ3n) is 3.74. The number of aryl methyl sites for hydroxylation is 2. The Balaban J connectivity index is 1.74. The first-order valence-corrected chi connectivity index (χ1v) is 7.36. The standard InChI is InChI=1S/C14H24N4O3/c1-10-14(11(2)17-16-10)15-13(20)9-18-5-3-12(4-6-18)21-8-7-19/h12,19H,3-9H2,1-2H3,(H,15,20)(H,16,17). The molecule has 0 radical (unpaired) electrons. The number of ether oxygens (including phenoxy) is 1. The van der Waals surface area contributed by atoms with E-state index in [4.69, 9.17) is 9.84 Å². The summed E-state index contributed by atoms with van der Waals surface area (Å²) in [6.07, 6.45) is 2.00. The molecule has 1 amide bonds. The summed E-state index contributed by atoms with van der Waals surface area (Å²) in [5, 5.41) is 18.6. The van der Waals surface area contributed by atoms with Gasteiger partial charge in [0.1, 0.15) is 0 Å². The lowest BCUT2D eigenvalue weighted by Gasteiger charge is -2.31. The highest BCUT2D eigenvalue weighted by molar-refractivity contribution is 5.93. The Hall–Kier alpha value is -1.44. The molecule has 0 atom stereocenters. The first-order valence-electron chi connectivity index (χ1n) is 7.36. The Morgan fingerprint density at radius 3 is 2.76 bits per heavy atom. The van der Waals surface area contributed by atoms with Gasteiger partial charge in [-0.3, -0.25) is 14.8 Å². The quantitative estimate of drug-likeness (QED) is 0.708. The smallest absolute Gasteiger partial charge is 0.238 e. The maximum atomic E-state index is 12.1. The molecular weight excluding hydrogens is 272 g/mol. The van der Waals surface area contributed by atoms with E-state index in [0.717, 1.165) is 43.0 Å². The van der Waals surface area contributed by atoms with Gasteiger partial charge < -0.3 is 15.2 Å². The summed E-state index contributed by atoms with van der Waals surface area (Å²) in [5.74, 6) is -0.0164. The fourth-order valence-corrected chi connectivity index (χ4v) is 2.57. The lowest BCUT2D eigenvalue weighted by Crippen LogP contribution is -2.41.